The Morgan fingerprint density at radius 2 is 1.03 bits per heavy atom. The van der Waals surface area contributed by atoms with E-state index in [4.69, 9.17) is 4.74 Å². The van der Waals surface area contributed by atoms with Crippen LogP contribution < -0.4 is 4.74 Å². The molecule has 1 heteroatoms. The molecule has 0 aliphatic rings. The molecular formula is C29H52O. The van der Waals surface area contributed by atoms with Gasteiger partial charge in [-0.25, -0.2) is 0 Å². The number of aryl methyl sites for hydroxylation is 2. The molecule has 0 heterocycles. The van der Waals surface area contributed by atoms with E-state index in [-0.39, 0.29) is 0 Å². The summed E-state index contributed by atoms with van der Waals surface area (Å²) >= 11 is 0. The van der Waals surface area contributed by atoms with E-state index in [0.717, 1.165) is 12.4 Å². The first-order valence-electron chi connectivity index (χ1n) is 13.5. The van der Waals surface area contributed by atoms with Gasteiger partial charge in [-0.3, -0.25) is 0 Å². The summed E-state index contributed by atoms with van der Waals surface area (Å²) in [4.78, 5) is 0. The van der Waals surface area contributed by atoms with Gasteiger partial charge in [0.15, 0.2) is 0 Å². The topological polar surface area (TPSA) is 9.23 Å². The molecule has 0 saturated heterocycles. The predicted molar refractivity (Wildman–Crippen MR) is 135 cm³/mol. The lowest BCUT2D eigenvalue weighted by Gasteiger charge is -2.13. The van der Waals surface area contributed by atoms with Crippen LogP contribution in [0.15, 0.2) is 18.2 Å². The van der Waals surface area contributed by atoms with Crippen molar-refractivity contribution in [2.45, 2.75) is 143 Å². The van der Waals surface area contributed by atoms with E-state index in [2.05, 4.69) is 39.0 Å². The van der Waals surface area contributed by atoms with Crippen LogP contribution in [-0.4, -0.2) is 6.61 Å². The first kappa shape index (κ1) is 27.1. The monoisotopic (exact) mass is 416 g/mol. The fraction of sp³-hybridized carbons (Fsp3) is 0.793. The zero-order chi connectivity index (χ0) is 21.7. The molecule has 1 aromatic rings. The molecule has 0 unspecified atom stereocenters. The molecule has 0 spiro atoms. The van der Waals surface area contributed by atoms with Gasteiger partial charge in [-0.15, -0.1) is 0 Å². The lowest BCUT2D eigenvalue weighted by atomic mass is 10.0. The molecule has 1 aromatic carbocycles. The van der Waals surface area contributed by atoms with E-state index in [1.807, 2.05) is 0 Å². The Balaban J connectivity index is 2.12. The molecule has 0 aromatic heterocycles. The summed E-state index contributed by atoms with van der Waals surface area (Å²) in [5, 5.41) is 0. The van der Waals surface area contributed by atoms with Gasteiger partial charge in [0.05, 0.1) is 6.61 Å². The Hall–Kier alpha value is -0.980. The highest BCUT2D eigenvalue weighted by atomic mass is 16.5. The standard InChI is InChI=1S/C29H52O/c1-4-6-8-10-12-14-16-18-20-22-28-26-27(3)23-24-29(28)30-25-21-19-17-15-13-11-9-7-5-2/h23-24,26H,4-22,25H2,1-3H3. The van der Waals surface area contributed by atoms with Crippen molar-refractivity contribution >= 4 is 0 Å². The van der Waals surface area contributed by atoms with Crippen LogP contribution in [0.3, 0.4) is 0 Å². The zero-order valence-corrected chi connectivity index (χ0v) is 20.8. The Kier molecular flexibility index (Phi) is 18.0. The van der Waals surface area contributed by atoms with Crippen LogP contribution in [0.1, 0.15) is 141 Å². The van der Waals surface area contributed by atoms with Crippen LogP contribution in [-0.2, 0) is 6.42 Å². The quantitative estimate of drug-likeness (QED) is 0.181. The third kappa shape index (κ3) is 14.9. The Morgan fingerprint density at radius 1 is 0.567 bits per heavy atom. The molecule has 174 valence electrons. The van der Waals surface area contributed by atoms with Crippen LogP contribution in [0.4, 0.5) is 0 Å². The number of hydrogen-bond donors (Lipinski definition) is 0. The second-order valence-electron chi connectivity index (χ2n) is 9.37. The molecular weight excluding hydrogens is 364 g/mol. The van der Waals surface area contributed by atoms with Gasteiger partial charge in [-0.1, -0.05) is 134 Å². The predicted octanol–water partition coefficient (Wildman–Crippen LogP) is 9.98. The minimum atomic E-state index is 0.879. The maximum absolute atomic E-state index is 6.18. The molecule has 0 aliphatic carbocycles. The van der Waals surface area contributed by atoms with Crippen LogP contribution in [0, 0.1) is 6.92 Å². The van der Waals surface area contributed by atoms with E-state index >= 15 is 0 Å². The van der Waals surface area contributed by atoms with Crippen LogP contribution in [0.25, 0.3) is 0 Å². The van der Waals surface area contributed by atoms with Crippen molar-refractivity contribution in [3.63, 3.8) is 0 Å². The minimum absolute atomic E-state index is 0.879. The fourth-order valence-electron chi connectivity index (χ4n) is 4.27. The molecule has 1 rings (SSSR count). The molecule has 0 N–H and O–H groups in total. The van der Waals surface area contributed by atoms with E-state index in [9.17, 15) is 0 Å². The molecule has 0 radical (unpaired) electrons. The van der Waals surface area contributed by atoms with Crippen molar-refractivity contribution in [1.82, 2.24) is 0 Å². The van der Waals surface area contributed by atoms with Crippen molar-refractivity contribution in [3.05, 3.63) is 29.3 Å². The van der Waals surface area contributed by atoms with E-state index in [0.29, 0.717) is 0 Å². The first-order chi connectivity index (χ1) is 14.8. The second kappa shape index (κ2) is 20.0. The van der Waals surface area contributed by atoms with Crippen molar-refractivity contribution in [1.29, 1.82) is 0 Å². The van der Waals surface area contributed by atoms with Gasteiger partial charge in [0, 0.05) is 0 Å². The summed E-state index contributed by atoms with van der Waals surface area (Å²) in [5.41, 5.74) is 2.78. The van der Waals surface area contributed by atoms with Gasteiger partial charge in [-0.2, -0.15) is 0 Å². The Bertz CT molecular complexity index is 493. The summed E-state index contributed by atoms with van der Waals surface area (Å²) in [5.74, 6) is 1.14. The van der Waals surface area contributed by atoms with Crippen molar-refractivity contribution in [2.24, 2.45) is 0 Å². The molecule has 0 saturated carbocycles. The van der Waals surface area contributed by atoms with E-state index < -0.39 is 0 Å². The number of benzene rings is 1. The Morgan fingerprint density at radius 3 is 1.57 bits per heavy atom. The van der Waals surface area contributed by atoms with Crippen molar-refractivity contribution < 1.29 is 4.74 Å². The zero-order valence-electron chi connectivity index (χ0n) is 20.8. The lowest BCUT2D eigenvalue weighted by molar-refractivity contribution is 0.301. The first-order valence-corrected chi connectivity index (χ1v) is 13.5. The highest BCUT2D eigenvalue weighted by Crippen LogP contribution is 2.23. The SMILES string of the molecule is CCCCCCCCCCCOc1ccc(C)cc1CCCCCCCCCCC. The number of hydrogen-bond acceptors (Lipinski definition) is 1. The summed E-state index contributed by atoms with van der Waals surface area (Å²) in [7, 11) is 0. The smallest absolute Gasteiger partial charge is 0.122 e. The second-order valence-corrected chi connectivity index (χ2v) is 9.37. The van der Waals surface area contributed by atoms with Gasteiger partial charge in [-0.05, 0) is 37.8 Å². The van der Waals surface area contributed by atoms with Gasteiger partial charge < -0.3 is 4.74 Å². The largest absolute Gasteiger partial charge is 0.493 e. The molecule has 1 nitrogen and oxygen atoms in total. The van der Waals surface area contributed by atoms with Gasteiger partial charge >= 0.3 is 0 Å². The van der Waals surface area contributed by atoms with Crippen molar-refractivity contribution in [3.8, 4) is 5.75 Å². The molecule has 0 aliphatic heterocycles. The van der Waals surface area contributed by atoms with Gasteiger partial charge in [0.25, 0.3) is 0 Å². The van der Waals surface area contributed by atoms with Gasteiger partial charge in [0.2, 0.25) is 0 Å². The minimum Gasteiger partial charge on any atom is -0.493 e. The van der Waals surface area contributed by atoms with Crippen LogP contribution >= 0.6 is 0 Å². The molecule has 0 fully saturated rings. The summed E-state index contributed by atoms with van der Waals surface area (Å²) < 4.78 is 6.18. The number of rotatable bonds is 21. The summed E-state index contributed by atoms with van der Waals surface area (Å²) in [6.45, 7) is 7.66. The number of ether oxygens (including phenoxy) is 1. The summed E-state index contributed by atoms with van der Waals surface area (Å²) in [6.07, 6.45) is 26.0. The van der Waals surface area contributed by atoms with E-state index in [1.54, 1.807) is 0 Å². The third-order valence-electron chi connectivity index (χ3n) is 6.27. The Labute approximate surface area is 189 Å². The van der Waals surface area contributed by atoms with Crippen LogP contribution in [0.2, 0.25) is 0 Å². The molecule has 0 atom stereocenters. The number of unbranched alkanes of at least 4 members (excludes halogenated alkanes) is 16. The maximum atomic E-state index is 6.18. The average Bonchev–Trinajstić information content (AvgIpc) is 2.75. The highest BCUT2D eigenvalue weighted by Gasteiger charge is 2.05. The molecule has 0 amide bonds. The normalized spacial score (nSPS) is 11.2. The van der Waals surface area contributed by atoms with E-state index in [1.165, 1.54) is 133 Å². The fourth-order valence-corrected chi connectivity index (χ4v) is 4.27. The lowest BCUT2D eigenvalue weighted by Crippen LogP contribution is -2.01. The summed E-state index contributed by atoms with van der Waals surface area (Å²) in [6, 6.07) is 6.74. The van der Waals surface area contributed by atoms with Crippen molar-refractivity contribution in [2.75, 3.05) is 6.61 Å². The maximum Gasteiger partial charge on any atom is 0.122 e. The van der Waals surface area contributed by atoms with Crippen LogP contribution in [0.5, 0.6) is 5.75 Å². The molecule has 30 heavy (non-hydrogen) atoms. The molecule has 0 bridgehead atoms. The average molecular weight is 417 g/mol. The van der Waals surface area contributed by atoms with Gasteiger partial charge in [0.1, 0.15) is 5.75 Å². The third-order valence-corrected chi connectivity index (χ3v) is 6.27. The highest BCUT2D eigenvalue weighted by molar-refractivity contribution is 5.37.